The van der Waals surface area contributed by atoms with Gasteiger partial charge in [0, 0.05) is 24.7 Å². The predicted octanol–water partition coefficient (Wildman–Crippen LogP) is 1.94. The molecule has 1 saturated carbocycles. The number of hydrogen-bond donors (Lipinski definition) is 1. The fourth-order valence-corrected chi connectivity index (χ4v) is 4.10. The second-order valence-corrected chi connectivity index (χ2v) is 7.62. The van der Waals surface area contributed by atoms with Crippen molar-refractivity contribution in [3.05, 3.63) is 17.0 Å². The molecule has 1 N–H and O–H groups in total. The molecule has 4 rings (SSSR count). The van der Waals surface area contributed by atoms with Gasteiger partial charge in [0.15, 0.2) is 0 Å². The van der Waals surface area contributed by atoms with Crippen molar-refractivity contribution in [2.45, 2.75) is 70.7 Å². The van der Waals surface area contributed by atoms with Crippen molar-refractivity contribution in [2.24, 2.45) is 5.92 Å². The van der Waals surface area contributed by atoms with E-state index in [0.717, 1.165) is 56.8 Å². The zero-order valence-corrected chi connectivity index (χ0v) is 14.6. The lowest BCUT2D eigenvalue weighted by Gasteiger charge is -2.33. The van der Waals surface area contributed by atoms with E-state index in [2.05, 4.69) is 15.4 Å². The molecular weight excluding hydrogens is 306 g/mol. The predicted molar refractivity (Wildman–Crippen MR) is 88.4 cm³/mol. The second-order valence-electron chi connectivity index (χ2n) is 7.62. The van der Waals surface area contributed by atoms with Gasteiger partial charge in [-0.25, -0.2) is 0 Å². The molecule has 1 aromatic heterocycles. The molecule has 3 heterocycles. The van der Waals surface area contributed by atoms with Crippen LogP contribution in [0.1, 0.15) is 49.1 Å². The van der Waals surface area contributed by atoms with Crippen LogP contribution < -0.4 is 5.32 Å². The van der Waals surface area contributed by atoms with E-state index < -0.39 is 0 Å². The van der Waals surface area contributed by atoms with Crippen LogP contribution in [0.2, 0.25) is 0 Å². The van der Waals surface area contributed by atoms with Crippen molar-refractivity contribution in [3.8, 4) is 0 Å². The number of aromatic nitrogens is 1. The van der Waals surface area contributed by atoms with E-state index in [9.17, 15) is 4.79 Å². The molecule has 6 heteroatoms. The molecule has 6 nitrogen and oxygen atoms in total. The second kappa shape index (κ2) is 6.48. The minimum Gasteiger partial charge on any atom is -0.364 e. The van der Waals surface area contributed by atoms with E-state index in [-0.39, 0.29) is 18.1 Å². The molecule has 24 heavy (non-hydrogen) atoms. The first kappa shape index (κ1) is 16.1. The van der Waals surface area contributed by atoms with E-state index >= 15 is 0 Å². The Morgan fingerprint density at radius 1 is 1.33 bits per heavy atom. The summed E-state index contributed by atoms with van der Waals surface area (Å²) in [7, 11) is 0. The summed E-state index contributed by atoms with van der Waals surface area (Å²) < 4.78 is 11.4. The molecule has 0 aromatic carbocycles. The summed E-state index contributed by atoms with van der Waals surface area (Å²) >= 11 is 0. The monoisotopic (exact) mass is 333 g/mol. The number of fused-ring (bicyclic) bond motifs is 1. The van der Waals surface area contributed by atoms with Gasteiger partial charge in [-0.3, -0.25) is 9.69 Å². The van der Waals surface area contributed by atoms with Crippen molar-refractivity contribution in [1.82, 2.24) is 15.4 Å². The van der Waals surface area contributed by atoms with Crippen molar-refractivity contribution in [3.63, 3.8) is 0 Å². The van der Waals surface area contributed by atoms with Crippen LogP contribution in [-0.2, 0) is 16.1 Å². The normalized spacial score (nSPS) is 30.8. The van der Waals surface area contributed by atoms with Gasteiger partial charge in [0.05, 0.1) is 11.8 Å². The van der Waals surface area contributed by atoms with Crippen LogP contribution in [0.3, 0.4) is 0 Å². The quantitative estimate of drug-likeness (QED) is 0.912. The van der Waals surface area contributed by atoms with Crippen LogP contribution in [0.25, 0.3) is 0 Å². The van der Waals surface area contributed by atoms with Gasteiger partial charge < -0.3 is 14.6 Å². The molecule has 0 spiro atoms. The lowest BCUT2D eigenvalue weighted by molar-refractivity contribution is -0.134. The Hall–Kier alpha value is -1.40. The SMILES string of the molecule is Cc1noc(C)c1CN1CC[C@H]2C[C@H](C(=O)NC3CCC3)O[C@H]2C1. The third-order valence-electron chi connectivity index (χ3n) is 5.94. The Morgan fingerprint density at radius 2 is 2.17 bits per heavy atom. The molecule has 3 aliphatic rings. The molecule has 3 atom stereocenters. The number of likely N-dealkylation sites (tertiary alicyclic amines) is 1. The Morgan fingerprint density at radius 3 is 2.83 bits per heavy atom. The maximum atomic E-state index is 12.3. The number of carbonyl (C=O) groups is 1. The van der Waals surface area contributed by atoms with Gasteiger partial charge in [-0.05, 0) is 58.4 Å². The fourth-order valence-electron chi connectivity index (χ4n) is 4.10. The average Bonchev–Trinajstić information content (AvgIpc) is 3.08. The first-order valence-electron chi connectivity index (χ1n) is 9.20. The molecule has 1 aromatic rings. The van der Waals surface area contributed by atoms with E-state index in [0.29, 0.717) is 12.0 Å². The highest BCUT2D eigenvalue weighted by molar-refractivity contribution is 5.81. The fraction of sp³-hybridized carbons (Fsp3) is 0.778. The van der Waals surface area contributed by atoms with Gasteiger partial charge >= 0.3 is 0 Å². The van der Waals surface area contributed by atoms with E-state index in [1.165, 1.54) is 12.0 Å². The van der Waals surface area contributed by atoms with Crippen molar-refractivity contribution in [1.29, 1.82) is 0 Å². The Bertz CT molecular complexity index is 591. The Labute approximate surface area is 142 Å². The molecule has 0 bridgehead atoms. The highest BCUT2D eigenvalue weighted by Gasteiger charge is 2.42. The Kier molecular flexibility index (Phi) is 4.35. The molecule has 1 amide bonds. The zero-order chi connectivity index (χ0) is 16.7. The number of amides is 1. The first-order valence-corrected chi connectivity index (χ1v) is 9.20. The van der Waals surface area contributed by atoms with Crippen LogP contribution in [0.5, 0.6) is 0 Å². The number of ether oxygens (including phenoxy) is 1. The number of aryl methyl sites for hydroxylation is 2. The molecule has 2 saturated heterocycles. The van der Waals surface area contributed by atoms with Gasteiger partial charge in [0.1, 0.15) is 11.9 Å². The highest BCUT2D eigenvalue weighted by atomic mass is 16.5. The van der Waals surface area contributed by atoms with Gasteiger partial charge in [-0.15, -0.1) is 0 Å². The summed E-state index contributed by atoms with van der Waals surface area (Å²) in [5, 5.41) is 7.17. The maximum Gasteiger partial charge on any atom is 0.249 e. The number of rotatable bonds is 4. The van der Waals surface area contributed by atoms with Gasteiger partial charge in [0.25, 0.3) is 0 Å². The number of carbonyl (C=O) groups excluding carboxylic acids is 1. The zero-order valence-electron chi connectivity index (χ0n) is 14.6. The summed E-state index contributed by atoms with van der Waals surface area (Å²) in [5.74, 6) is 1.52. The lowest BCUT2D eigenvalue weighted by atomic mass is 9.90. The third-order valence-corrected chi connectivity index (χ3v) is 5.94. The van der Waals surface area contributed by atoms with E-state index in [4.69, 9.17) is 9.26 Å². The van der Waals surface area contributed by atoms with Crippen LogP contribution in [-0.4, -0.2) is 47.3 Å². The molecule has 1 aliphatic carbocycles. The highest BCUT2D eigenvalue weighted by Crippen LogP contribution is 2.34. The number of piperidine rings is 1. The molecule has 0 unspecified atom stereocenters. The van der Waals surface area contributed by atoms with E-state index in [1.54, 1.807) is 0 Å². The molecule has 132 valence electrons. The molecular formula is C18H27N3O3. The number of hydrogen-bond acceptors (Lipinski definition) is 5. The number of nitrogens with zero attached hydrogens (tertiary/aromatic N) is 2. The van der Waals surface area contributed by atoms with Crippen LogP contribution in [0.4, 0.5) is 0 Å². The van der Waals surface area contributed by atoms with Crippen LogP contribution >= 0.6 is 0 Å². The van der Waals surface area contributed by atoms with Gasteiger partial charge in [0.2, 0.25) is 5.91 Å². The topological polar surface area (TPSA) is 67.6 Å². The summed E-state index contributed by atoms with van der Waals surface area (Å²) in [5.41, 5.74) is 2.16. The van der Waals surface area contributed by atoms with Gasteiger partial charge in [-0.1, -0.05) is 5.16 Å². The standard InChI is InChI=1S/C18H27N3O3/c1-11-15(12(2)24-20-11)9-21-7-6-13-8-16(23-17(13)10-21)18(22)19-14-4-3-5-14/h13-14,16-17H,3-10H2,1-2H3,(H,19,22)/t13-,16+,17-/m0/s1. The van der Waals surface area contributed by atoms with Crippen LogP contribution in [0.15, 0.2) is 4.52 Å². The summed E-state index contributed by atoms with van der Waals surface area (Å²) in [6, 6.07) is 0.389. The maximum absolute atomic E-state index is 12.3. The summed E-state index contributed by atoms with van der Waals surface area (Å²) in [6.45, 7) is 6.75. The lowest BCUT2D eigenvalue weighted by Crippen LogP contribution is -2.45. The van der Waals surface area contributed by atoms with Crippen LogP contribution in [0, 0.1) is 19.8 Å². The molecule has 2 aliphatic heterocycles. The van der Waals surface area contributed by atoms with Gasteiger partial charge in [-0.2, -0.15) is 0 Å². The largest absolute Gasteiger partial charge is 0.364 e. The minimum atomic E-state index is -0.250. The van der Waals surface area contributed by atoms with Crippen molar-refractivity contribution < 1.29 is 14.1 Å². The molecule has 3 fully saturated rings. The Balaban J connectivity index is 1.33. The average molecular weight is 333 g/mol. The third kappa shape index (κ3) is 3.09. The molecule has 0 radical (unpaired) electrons. The smallest absolute Gasteiger partial charge is 0.249 e. The minimum absolute atomic E-state index is 0.103. The van der Waals surface area contributed by atoms with Crippen molar-refractivity contribution >= 4 is 5.91 Å². The summed E-state index contributed by atoms with van der Waals surface area (Å²) in [6.07, 6.45) is 5.38. The van der Waals surface area contributed by atoms with Crippen molar-refractivity contribution in [2.75, 3.05) is 13.1 Å². The first-order chi connectivity index (χ1) is 11.6. The number of nitrogens with one attached hydrogen (secondary N) is 1. The summed E-state index contributed by atoms with van der Waals surface area (Å²) in [4.78, 5) is 14.8. The van der Waals surface area contributed by atoms with E-state index in [1.807, 2.05) is 13.8 Å².